The van der Waals surface area contributed by atoms with Crippen LogP contribution >= 0.6 is 22.9 Å². The van der Waals surface area contributed by atoms with Gasteiger partial charge in [0.25, 0.3) is 0 Å². The molecular formula is C11H8ClNS. The molecule has 0 bridgehead atoms. The quantitative estimate of drug-likeness (QED) is 0.529. The van der Waals surface area contributed by atoms with E-state index in [9.17, 15) is 0 Å². The van der Waals surface area contributed by atoms with Gasteiger partial charge in [0.15, 0.2) is 0 Å². The highest BCUT2D eigenvalue weighted by atomic mass is 35.5. The molecule has 0 saturated heterocycles. The van der Waals surface area contributed by atoms with Gasteiger partial charge in [-0.1, -0.05) is 17.5 Å². The van der Waals surface area contributed by atoms with Gasteiger partial charge >= 0.3 is 0 Å². The topological polar surface area (TPSA) is 12.9 Å². The molecule has 0 aromatic carbocycles. The molecule has 0 amide bonds. The van der Waals surface area contributed by atoms with Crippen LogP contribution in [0.25, 0.3) is 10.2 Å². The van der Waals surface area contributed by atoms with E-state index in [0.29, 0.717) is 5.15 Å². The lowest BCUT2D eigenvalue weighted by Crippen LogP contribution is -1.81. The summed E-state index contributed by atoms with van der Waals surface area (Å²) < 4.78 is 1.13. The third-order valence-corrected chi connectivity index (χ3v) is 3.52. The maximum absolute atomic E-state index is 5.79. The normalized spacial score (nSPS) is 12.6. The average Bonchev–Trinajstić information content (AvgIpc) is 2.59. The number of terminal acetylenes is 1. The zero-order chi connectivity index (χ0) is 10.1. The first kappa shape index (κ1) is 9.51. The molecule has 14 heavy (non-hydrogen) atoms. The Bertz CT molecular complexity index is 509. The number of thiophene rings is 1. The second kappa shape index (κ2) is 3.61. The van der Waals surface area contributed by atoms with Crippen molar-refractivity contribution in [3.8, 4) is 12.3 Å². The van der Waals surface area contributed by atoms with E-state index in [2.05, 4.69) is 10.9 Å². The minimum absolute atomic E-state index is 0.146. The Hall–Kier alpha value is -1.04. The van der Waals surface area contributed by atoms with E-state index < -0.39 is 0 Å². The van der Waals surface area contributed by atoms with Crippen LogP contribution in [0.2, 0.25) is 5.15 Å². The lowest BCUT2D eigenvalue weighted by Gasteiger charge is -1.95. The molecule has 0 aliphatic heterocycles. The monoisotopic (exact) mass is 221 g/mol. The second-order valence-electron chi connectivity index (χ2n) is 3.05. The first-order valence-corrected chi connectivity index (χ1v) is 5.42. The van der Waals surface area contributed by atoms with Gasteiger partial charge in [-0.2, -0.15) is 0 Å². The molecule has 2 aromatic heterocycles. The lowest BCUT2D eigenvalue weighted by molar-refractivity contribution is 1.04. The van der Waals surface area contributed by atoms with Gasteiger partial charge in [-0.3, -0.25) is 0 Å². The fraction of sp³-hybridized carbons (Fsp3) is 0.182. The molecule has 0 radical (unpaired) electrons. The van der Waals surface area contributed by atoms with Crippen LogP contribution in [0.5, 0.6) is 0 Å². The van der Waals surface area contributed by atoms with Gasteiger partial charge in [0.05, 0.1) is 16.1 Å². The summed E-state index contributed by atoms with van der Waals surface area (Å²) in [4.78, 5) is 5.38. The van der Waals surface area contributed by atoms with E-state index in [1.165, 1.54) is 0 Å². The van der Waals surface area contributed by atoms with E-state index in [0.717, 1.165) is 15.1 Å². The summed E-state index contributed by atoms with van der Waals surface area (Å²) in [5, 5.41) is 0.523. The number of hydrogen-bond donors (Lipinski definition) is 0. The third kappa shape index (κ3) is 1.61. The van der Waals surface area contributed by atoms with Gasteiger partial charge < -0.3 is 0 Å². The van der Waals surface area contributed by atoms with Crippen LogP contribution < -0.4 is 0 Å². The fourth-order valence-electron chi connectivity index (χ4n) is 1.21. The van der Waals surface area contributed by atoms with Gasteiger partial charge in [0, 0.05) is 4.88 Å². The fourth-order valence-corrected chi connectivity index (χ4v) is 2.38. The summed E-state index contributed by atoms with van der Waals surface area (Å²) >= 11 is 7.47. The van der Waals surface area contributed by atoms with Crippen LogP contribution in [0.1, 0.15) is 17.7 Å². The van der Waals surface area contributed by atoms with Crippen LogP contribution in [0.4, 0.5) is 0 Å². The number of fused-ring (bicyclic) bond motifs is 1. The third-order valence-electron chi connectivity index (χ3n) is 2.04. The number of halogens is 1. The molecule has 2 aromatic rings. The SMILES string of the molecule is C#CC(C)c1cc2nc(Cl)ccc2s1. The smallest absolute Gasteiger partial charge is 0.129 e. The molecule has 0 saturated carbocycles. The van der Waals surface area contributed by atoms with Crippen molar-refractivity contribution in [2.24, 2.45) is 0 Å². The number of pyridine rings is 1. The maximum atomic E-state index is 5.79. The van der Waals surface area contributed by atoms with Crippen LogP contribution in [0.15, 0.2) is 18.2 Å². The Morgan fingerprint density at radius 3 is 3.07 bits per heavy atom. The Kier molecular flexibility index (Phi) is 2.45. The van der Waals surface area contributed by atoms with Crippen molar-refractivity contribution in [1.29, 1.82) is 0 Å². The van der Waals surface area contributed by atoms with Crippen LogP contribution in [-0.4, -0.2) is 4.98 Å². The van der Waals surface area contributed by atoms with Crippen molar-refractivity contribution >= 4 is 33.2 Å². The molecule has 70 valence electrons. The van der Waals surface area contributed by atoms with Crippen molar-refractivity contribution in [1.82, 2.24) is 4.98 Å². The molecule has 0 aliphatic rings. The molecule has 0 N–H and O–H groups in total. The van der Waals surface area contributed by atoms with Gasteiger partial charge in [-0.05, 0) is 25.1 Å². The van der Waals surface area contributed by atoms with E-state index in [1.807, 2.05) is 19.1 Å². The zero-order valence-electron chi connectivity index (χ0n) is 7.62. The predicted molar refractivity (Wildman–Crippen MR) is 61.9 cm³/mol. The molecule has 1 atom stereocenters. The van der Waals surface area contributed by atoms with E-state index >= 15 is 0 Å². The molecule has 0 fully saturated rings. The largest absolute Gasteiger partial charge is 0.235 e. The minimum Gasteiger partial charge on any atom is -0.235 e. The molecule has 2 rings (SSSR count). The molecule has 0 spiro atoms. The van der Waals surface area contributed by atoms with Crippen molar-refractivity contribution in [2.45, 2.75) is 12.8 Å². The highest BCUT2D eigenvalue weighted by Crippen LogP contribution is 2.30. The Morgan fingerprint density at radius 2 is 2.36 bits per heavy atom. The van der Waals surface area contributed by atoms with Crippen LogP contribution in [-0.2, 0) is 0 Å². The standard InChI is InChI=1S/C11H8ClNS/c1-3-7(2)10-6-8-9(14-10)4-5-11(12)13-8/h1,4-7H,2H3. The predicted octanol–water partition coefficient (Wildman–Crippen LogP) is 3.69. The summed E-state index contributed by atoms with van der Waals surface area (Å²) in [5.41, 5.74) is 0.930. The highest BCUT2D eigenvalue weighted by Gasteiger charge is 2.07. The van der Waals surface area contributed by atoms with Crippen molar-refractivity contribution in [3.05, 3.63) is 28.2 Å². The number of hydrogen-bond acceptors (Lipinski definition) is 2. The number of aromatic nitrogens is 1. The minimum atomic E-state index is 0.146. The number of rotatable bonds is 1. The molecule has 2 heterocycles. The van der Waals surface area contributed by atoms with Gasteiger partial charge in [-0.25, -0.2) is 4.98 Å². The summed E-state index contributed by atoms with van der Waals surface area (Å²) in [6.07, 6.45) is 5.37. The summed E-state index contributed by atoms with van der Waals surface area (Å²) in [5.74, 6) is 2.85. The molecular weight excluding hydrogens is 214 g/mol. The first-order valence-electron chi connectivity index (χ1n) is 4.23. The Labute approximate surface area is 91.7 Å². The summed E-state index contributed by atoms with van der Waals surface area (Å²) in [6.45, 7) is 2.01. The summed E-state index contributed by atoms with van der Waals surface area (Å²) in [6, 6.07) is 5.78. The molecule has 3 heteroatoms. The van der Waals surface area contributed by atoms with E-state index in [-0.39, 0.29) is 5.92 Å². The van der Waals surface area contributed by atoms with Crippen LogP contribution in [0.3, 0.4) is 0 Å². The maximum Gasteiger partial charge on any atom is 0.129 e. The van der Waals surface area contributed by atoms with Crippen molar-refractivity contribution in [3.63, 3.8) is 0 Å². The van der Waals surface area contributed by atoms with Gasteiger partial charge in [0.1, 0.15) is 5.15 Å². The van der Waals surface area contributed by atoms with Crippen LogP contribution in [0, 0.1) is 12.3 Å². The van der Waals surface area contributed by atoms with E-state index in [4.69, 9.17) is 18.0 Å². The first-order chi connectivity index (χ1) is 6.70. The van der Waals surface area contributed by atoms with E-state index in [1.54, 1.807) is 17.4 Å². The number of nitrogens with zero attached hydrogens (tertiary/aromatic N) is 1. The molecule has 1 nitrogen and oxygen atoms in total. The lowest BCUT2D eigenvalue weighted by atomic mass is 10.1. The van der Waals surface area contributed by atoms with Gasteiger partial charge in [-0.15, -0.1) is 17.8 Å². The van der Waals surface area contributed by atoms with Crippen molar-refractivity contribution < 1.29 is 0 Å². The Morgan fingerprint density at radius 1 is 1.57 bits per heavy atom. The van der Waals surface area contributed by atoms with Gasteiger partial charge in [0.2, 0.25) is 0 Å². The van der Waals surface area contributed by atoms with Crippen molar-refractivity contribution in [2.75, 3.05) is 0 Å². The molecule has 1 unspecified atom stereocenters. The molecule has 0 aliphatic carbocycles. The Balaban J connectivity index is 2.58. The second-order valence-corrected chi connectivity index (χ2v) is 4.56. The highest BCUT2D eigenvalue weighted by molar-refractivity contribution is 7.19. The summed E-state index contributed by atoms with van der Waals surface area (Å²) in [7, 11) is 0. The zero-order valence-corrected chi connectivity index (χ0v) is 9.19. The average molecular weight is 222 g/mol.